The van der Waals surface area contributed by atoms with E-state index in [9.17, 15) is 9.50 Å². The summed E-state index contributed by atoms with van der Waals surface area (Å²) in [5, 5.41) is 10.0. The molecule has 2 aromatic rings. The van der Waals surface area contributed by atoms with Crippen LogP contribution in [0, 0.1) is 12.7 Å². The van der Waals surface area contributed by atoms with Crippen LogP contribution in [0.2, 0.25) is 0 Å². The van der Waals surface area contributed by atoms with Gasteiger partial charge in [0, 0.05) is 12.4 Å². The molecule has 0 fully saturated rings. The van der Waals surface area contributed by atoms with Crippen molar-refractivity contribution in [3.8, 4) is 0 Å². The molecule has 1 N–H and O–H groups in total. The lowest BCUT2D eigenvalue weighted by Crippen LogP contribution is -2.00. The Labute approximate surface area is 93.4 Å². The molecule has 1 aromatic carbocycles. The monoisotopic (exact) mass is 217 g/mol. The first-order valence-electron chi connectivity index (χ1n) is 5.02. The van der Waals surface area contributed by atoms with Gasteiger partial charge in [-0.15, -0.1) is 0 Å². The standard InChI is InChI=1S/C13H12FNO/c1-9-2-3-11(8-12(9)14)13(16)10-4-6-15-7-5-10/h2-8,13,16H,1H3. The van der Waals surface area contributed by atoms with Crippen molar-refractivity contribution in [1.82, 2.24) is 4.98 Å². The highest BCUT2D eigenvalue weighted by Gasteiger charge is 2.11. The van der Waals surface area contributed by atoms with Gasteiger partial charge in [-0.25, -0.2) is 4.39 Å². The van der Waals surface area contributed by atoms with Crippen molar-refractivity contribution in [2.24, 2.45) is 0 Å². The number of aromatic nitrogens is 1. The van der Waals surface area contributed by atoms with Crippen LogP contribution in [0.1, 0.15) is 22.8 Å². The number of aliphatic hydroxyl groups excluding tert-OH is 1. The van der Waals surface area contributed by atoms with Crippen molar-refractivity contribution in [2.45, 2.75) is 13.0 Å². The van der Waals surface area contributed by atoms with Crippen LogP contribution in [-0.2, 0) is 0 Å². The second-order valence-corrected chi connectivity index (χ2v) is 3.69. The quantitative estimate of drug-likeness (QED) is 0.838. The number of hydrogen-bond donors (Lipinski definition) is 1. The predicted octanol–water partition coefficient (Wildman–Crippen LogP) is 2.61. The molecule has 16 heavy (non-hydrogen) atoms. The Kier molecular flexibility index (Phi) is 2.97. The van der Waals surface area contributed by atoms with Gasteiger partial charge >= 0.3 is 0 Å². The molecule has 0 amide bonds. The molecule has 0 bridgehead atoms. The molecule has 1 unspecified atom stereocenters. The summed E-state index contributed by atoms with van der Waals surface area (Å²) in [6.07, 6.45) is 2.39. The Morgan fingerprint density at radius 1 is 1.12 bits per heavy atom. The Hall–Kier alpha value is -1.74. The molecule has 2 rings (SSSR count). The SMILES string of the molecule is Cc1ccc(C(O)c2ccncc2)cc1F. The van der Waals surface area contributed by atoms with Crippen LogP contribution in [-0.4, -0.2) is 10.1 Å². The maximum absolute atomic E-state index is 13.3. The zero-order valence-corrected chi connectivity index (χ0v) is 8.89. The Morgan fingerprint density at radius 3 is 2.44 bits per heavy atom. The average molecular weight is 217 g/mol. The van der Waals surface area contributed by atoms with Gasteiger partial charge < -0.3 is 5.11 Å². The van der Waals surface area contributed by atoms with E-state index in [-0.39, 0.29) is 5.82 Å². The molecule has 0 aliphatic rings. The molecule has 0 saturated heterocycles. The van der Waals surface area contributed by atoms with E-state index in [1.807, 2.05) is 0 Å². The van der Waals surface area contributed by atoms with Crippen LogP contribution in [0.25, 0.3) is 0 Å². The number of halogens is 1. The van der Waals surface area contributed by atoms with Crippen molar-refractivity contribution in [1.29, 1.82) is 0 Å². The summed E-state index contributed by atoms with van der Waals surface area (Å²) in [4.78, 5) is 3.87. The van der Waals surface area contributed by atoms with Crippen LogP contribution >= 0.6 is 0 Å². The number of benzene rings is 1. The maximum atomic E-state index is 13.3. The molecular formula is C13H12FNO. The van der Waals surface area contributed by atoms with Crippen LogP contribution in [0.3, 0.4) is 0 Å². The Morgan fingerprint density at radius 2 is 1.81 bits per heavy atom. The molecule has 82 valence electrons. The van der Waals surface area contributed by atoms with Gasteiger partial charge in [-0.3, -0.25) is 4.98 Å². The van der Waals surface area contributed by atoms with Gasteiger partial charge in [-0.2, -0.15) is 0 Å². The Bertz CT molecular complexity index is 485. The molecule has 1 aromatic heterocycles. The second-order valence-electron chi connectivity index (χ2n) is 3.69. The molecule has 0 aliphatic carbocycles. The summed E-state index contributed by atoms with van der Waals surface area (Å²) in [6, 6.07) is 8.17. The zero-order valence-electron chi connectivity index (χ0n) is 8.89. The normalized spacial score (nSPS) is 12.4. The zero-order chi connectivity index (χ0) is 11.5. The van der Waals surface area contributed by atoms with E-state index >= 15 is 0 Å². The summed E-state index contributed by atoms with van der Waals surface area (Å²) >= 11 is 0. The van der Waals surface area contributed by atoms with Gasteiger partial charge in [0.1, 0.15) is 11.9 Å². The van der Waals surface area contributed by atoms with Crippen LogP contribution < -0.4 is 0 Å². The third-order valence-corrected chi connectivity index (χ3v) is 2.53. The number of hydrogen-bond acceptors (Lipinski definition) is 2. The van der Waals surface area contributed by atoms with Crippen LogP contribution in [0.4, 0.5) is 4.39 Å². The lowest BCUT2D eigenvalue weighted by atomic mass is 10.0. The molecule has 2 nitrogen and oxygen atoms in total. The fourth-order valence-corrected chi connectivity index (χ4v) is 1.52. The average Bonchev–Trinajstić information content (AvgIpc) is 2.33. The third kappa shape index (κ3) is 2.09. The van der Waals surface area contributed by atoms with Gasteiger partial charge in [0.15, 0.2) is 0 Å². The van der Waals surface area contributed by atoms with Crippen molar-refractivity contribution in [3.05, 3.63) is 65.2 Å². The topological polar surface area (TPSA) is 33.1 Å². The molecule has 1 atom stereocenters. The molecule has 0 saturated carbocycles. The molecule has 0 radical (unpaired) electrons. The van der Waals surface area contributed by atoms with Crippen LogP contribution in [0.15, 0.2) is 42.7 Å². The first-order chi connectivity index (χ1) is 7.68. The number of aliphatic hydroxyl groups is 1. The number of rotatable bonds is 2. The van der Waals surface area contributed by atoms with E-state index in [2.05, 4.69) is 4.98 Å². The summed E-state index contributed by atoms with van der Waals surface area (Å²) < 4.78 is 13.3. The summed E-state index contributed by atoms with van der Waals surface area (Å²) in [7, 11) is 0. The largest absolute Gasteiger partial charge is 0.384 e. The number of nitrogens with zero attached hydrogens (tertiary/aromatic N) is 1. The van der Waals surface area contributed by atoms with Crippen molar-refractivity contribution < 1.29 is 9.50 Å². The van der Waals surface area contributed by atoms with E-state index < -0.39 is 6.10 Å². The number of aryl methyl sites for hydroxylation is 1. The summed E-state index contributed by atoms with van der Waals surface area (Å²) in [5.74, 6) is -0.300. The predicted molar refractivity (Wildman–Crippen MR) is 59.4 cm³/mol. The van der Waals surface area contributed by atoms with Gasteiger partial charge in [0.25, 0.3) is 0 Å². The molecule has 1 heterocycles. The minimum Gasteiger partial charge on any atom is -0.384 e. The lowest BCUT2D eigenvalue weighted by Gasteiger charge is -2.11. The van der Waals surface area contributed by atoms with E-state index in [0.717, 1.165) is 0 Å². The smallest absolute Gasteiger partial charge is 0.126 e. The van der Waals surface area contributed by atoms with Crippen LogP contribution in [0.5, 0.6) is 0 Å². The van der Waals surface area contributed by atoms with Gasteiger partial charge in [-0.1, -0.05) is 12.1 Å². The maximum Gasteiger partial charge on any atom is 0.126 e. The fraction of sp³-hybridized carbons (Fsp3) is 0.154. The van der Waals surface area contributed by atoms with E-state index in [4.69, 9.17) is 0 Å². The summed E-state index contributed by atoms with van der Waals surface area (Å²) in [5.41, 5.74) is 1.83. The Balaban J connectivity index is 2.34. The highest BCUT2D eigenvalue weighted by molar-refractivity contribution is 5.31. The minimum absolute atomic E-state index is 0.300. The third-order valence-electron chi connectivity index (χ3n) is 2.53. The molecule has 0 aliphatic heterocycles. The van der Waals surface area contributed by atoms with E-state index in [1.54, 1.807) is 43.6 Å². The highest BCUT2D eigenvalue weighted by Crippen LogP contribution is 2.22. The highest BCUT2D eigenvalue weighted by atomic mass is 19.1. The second kappa shape index (κ2) is 4.41. The van der Waals surface area contributed by atoms with E-state index in [0.29, 0.717) is 16.7 Å². The molecule has 0 spiro atoms. The van der Waals surface area contributed by atoms with E-state index in [1.165, 1.54) is 6.07 Å². The van der Waals surface area contributed by atoms with Gasteiger partial charge in [-0.05, 0) is 41.8 Å². The van der Waals surface area contributed by atoms with Gasteiger partial charge in [0.2, 0.25) is 0 Å². The van der Waals surface area contributed by atoms with Crippen molar-refractivity contribution >= 4 is 0 Å². The number of pyridine rings is 1. The first-order valence-corrected chi connectivity index (χ1v) is 5.02. The van der Waals surface area contributed by atoms with Gasteiger partial charge in [0.05, 0.1) is 0 Å². The minimum atomic E-state index is -0.807. The molecule has 3 heteroatoms. The summed E-state index contributed by atoms with van der Waals surface area (Å²) in [6.45, 7) is 1.69. The van der Waals surface area contributed by atoms with Crippen molar-refractivity contribution in [2.75, 3.05) is 0 Å². The fourth-order valence-electron chi connectivity index (χ4n) is 1.52. The van der Waals surface area contributed by atoms with Crippen molar-refractivity contribution in [3.63, 3.8) is 0 Å². The first kappa shape index (κ1) is 10.8. The molecular weight excluding hydrogens is 205 g/mol. The lowest BCUT2D eigenvalue weighted by molar-refractivity contribution is 0.219.